The van der Waals surface area contributed by atoms with Gasteiger partial charge >= 0.3 is 0 Å². The molecule has 3 nitrogen and oxygen atoms in total. The number of rotatable bonds is 9. The van der Waals surface area contributed by atoms with E-state index >= 15 is 0 Å². The lowest BCUT2D eigenvalue weighted by Gasteiger charge is -2.26. The molecule has 0 aliphatic carbocycles. The summed E-state index contributed by atoms with van der Waals surface area (Å²) in [6, 6.07) is 60.4. The van der Waals surface area contributed by atoms with Crippen LogP contribution in [-0.2, 0) is 6.42 Å². The SMILES string of the molecule is C=C/C=C\C=C/Cc1ccc(N(c2ccc(-c3ccc4c(ccc5oc6ccccc6c54)c3)cc2)c2ccc(-c3cccc4c3oc3ccccc34)cc2)cc1. The Labute approximate surface area is 325 Å². The van der Waals surface area contributed by atoms with Gasteiger partial charge in [-0.05, 0) is 100 Å². The molecule has 0 bridgehead atoms. The molecule has 0 N–H and O–H groups in total. The average Bonchev–Trinajstić information content (AvgIpc) is 3.84. The third kappa shape index (κ3) is 5.96. The van der Waals surface area contributed by atoms with Crippen LogP contribution in [0.15, 0.2) is 216 Å². The Morgan fingerprint density at radius 2 is 1.11 bits per heavy atom. The van der Waals surface area contributed by atoms with Crippen molar-refractivity contribution in [2.45, 2.75) is 6.42 Å². The second-order valence-electron chi connectivity index (χ2n) is 14.1. The molecule has 0 saturated heterocycles. The van der Waals surface area contributed by atoms with Crippen molar-refractivity contribution >= 4 is 71.7 Å². The monoisotopic (exact) mass is 719 g/mol. The second-order valence-corrected chi connectivity index (χ2v) is 14.1. The molecule has 0 aliphatic heterocycles. The molecule has 0 fully saturated rings. The summed E-state index contributed by atoms with van der Waals surface area (Å²) in [5.41, 5.74) is 12.7. The summed E-state index contributed by atoms with van der Waals surface area (Å²) in [5, 5.41) is 6.97. The highest BCUT2D eigenvalue weighted by molar-refractivity contribution is 6.19. The highest BCUT2D eigenvalue weighted by Gasteiger charge is 2.16. The predicted molar refractivity (Wildman–Crippen MR) is 236 cm³/mol. The van der Waals surface area contributed by atoms with Crippen LogP contribution in [0.5, 0.6) is 0 Å². The Kier molecular flexibility index (Phi) is 8.38. The number of hydrogen-bond donors (Lipinski definition) is 0. The van der Waals surface area contributed by atoms with Crippen LogP contribution in [0.3, 0.4) is 0 Å². The molecule has 2 aromatic heterocycles. The summed E-state index contributed by atoms with van der Waals surface area (Å²) in [6.45, 7) is 3.75. The van der Waals surface area contributed by atoms with E-state index in [1.165, 1.54) is 27.3 Å². The minimum absolute atomic E-state index is 0.854. The van der Waals surface area contributed by atoms with Crippen molar-refractivity contribution in [2.75, 3.05) is 4.90 Å². The molecule has 0 aliphatic rings. The lowest BCUT2D eigenvalue weighted by molar-refractivity contribution is 0.669. The van der Waals surface area contributed by atoms with Gasteiger partial charge in [0.1, 0.15) is 22.3 Å². The maximum Gasteiger partial charge on any atom is 0.143 e. The fourth-order valence-corrected chi connectivity index (χ4v) is 7.95. The summed E-state index contributed by atoms with van der Waals surface area (Å²) >= 11 is 0. The van der Waals surface area contributed by atoms with E-state index in [2.05, 4.69) is 169 Å². The van der Waals surface area contributed by atoms with Gasteiger partial charge in [-0.25, -0.2) is 0 Å². The normalized spacial score (nSPS) is 11.9. The van der Waals surface area contributed by atoms with Gasteiger partial charge < -0.3 is 13.7 Å². The predicted octanol–water partition coefficient (Wildman–Crippen LogP) is 15.3. The van der Waals surface area contributed by atoms with Crippen LogP contribution in [0.4, 0.5) is 17.1 Å². The molecule has 0 spiro atoms. The van der Waals surface area contributed by atoms with Crippen molar-refractivity contribution in [1.82, 2.24) is 0 Å². The van der Waals surface area contributed by atoms with E-state index in [-0.39, 0.29) is 0 Å². The topological polar surface area (TPSA) is 29.5 Å². The third-order valence-corrected chi connectivity index (χ3v) is 10.7. The van der Waals surface area contributed by atoms with Gasteiger partial charge in [-0.15, -0.1) is 0 Å². The number of anilines is 3. The van der Waals surface area contributed by atoms with Crippen molar-refractivity contribution in [3.63, 3.8) is 0 Å². The molecule has 266 valence electrons. The van der Waals surface area contributed by atoms with Crippen molar-refractivity contribution < 1.29 is 8.83 Å². The molecule has 56 heavy (non-hydrogen) atoms. The van der Waals surface area contributed by atoms with Gasteiger partial charge in [0.15, 0.2) is 0 Å². The average molecular weight is 720 g/mol. The number of allylic oxidation sites excluding steroid dienone is 5. The van der Waals surface area contributed by atoms with Gasteiger partial charge in [0.25, 0.3) is 0 Å². The minimum atomic E-state index is 0.854. The fraction of sp³-hybridized carbons (Fsp3) is 0.0189. The quantitative estimate of drug-likeness (QED) is 0.139. The van der Waals surface area contributed by atoms with Crippen molar-refractivity contribution in [3.05, 3.63) is 212 Å². The zero-order chi connectivity index (χ0) is 37.4. The molecule has 0 amide bonds. The highest BCUT2D eigenvalue weighted by Crippen LogP contribution is 2.41. The van der Waals surface area contributed by atoms with E-state index in [0.717, 1.165) is 78.7 Å². The molecule has 3 heteroatoms. The number of benzene rings is 8. The third-order valence-electron chi connectivity index (χ3n) is 10.7. The zero-order valence-corrected chi connectivity index (χ0v) is 30.7. The zero-order valence-electron chi connectivity index (χ0n) is 30.7. The Hall–Kier alpha value is -7.36. The summed E-state index contributed by atoms with van der Waals surface area (Å²) in [6.07, 6.45) is 10.8. The molecular weight excluding hydrogens is 683 g/mol. The first-order valence-corrected chi connectivity index (χ1v) is 19.0. The van der Waals surface area contributed by atoms with Crippen LogP contribution in [0.2, 0.25) is 0 Å². The Balaban J connectivity index is 1.00. The Bertz CT molecular complexity index is 3100. The first-order chi connectivity index (χ1) is 27.7. The standard InChI is InChI=1S/C53H37NO2/c1-2-3-4-5-6-12-36-19-27-41(28-20-36)54(43-31-23-38(24-32-43)45-15-11-16-47-46-13-7-9-17-49(46)56-53(45)47)42-29-21-37(22-30-42)39-25-33-44-40(35-39)26-34-51-52(44)48-14-8-10-18-50(48)55-51/h2-11,13-35H,1,12H2/b4-3-,6-5-. The summed E-state index contributed by atoms with van der Waals surface area (Å²) in [7, 11) is 0. The highest BCUT2D eigenvalue weighted by atomic mass is 16.3. The van der Waals surface area contributed by atoms with Gasteiger partial charge in [0, 0.05) is 44.2 Å². The van der Waals surface area contributed by atoms with Gasteiger partial charge in [-0.3, -0.25) is 0 Å². The molecule has 0 radical (unpaired) electrons. The van der Waals surface area contributed by atoms with Crippen LogP contribution in [0, 0.1) is 0 Å². The summed E-state index contributed by atoms with van der Waals surface area (Å²) in [4.78, 5) is 2.32. The van der Waals surface area contributed by atoms with Gasteiger partial charge in [0.05, 0.1) is 0 Å². The maximum absolute atomic E-state index is 6.39. The second kappa shape index (κ2) is 14.1. The van der Waals surface area contributed by atoms with Crippen molar-refractivity contribution in [2.24, 2.45) is 0 Å². The van der Waals surface area contributed by atoms with Crippen molar-refractivity contribution in [1.29, 1.82) is 0 Å². The number of hydrogen-bond acceptors (Lipinski definition) is 3. The number of nitrogens with zero attached hydrogens (tertiary/aromatic N) is 1. The fourth-order valence-electron chi connectivity index (χ4n) is 7.95. The van der Waals surface area contributed by atoms with E-state index in [1.807, 2.05) is 36.4 Å². The van der Waals surface area contributed by atoms with Crippen LogP contribution in [0.1, 0.15) is 5.56 Å². The Morgan fingerprint density at radius 1 is 0.464 bits per heavy atom. The van der Waals surface area contributed by atoms with Crippen molar-refractivity contribution in [3.8, 4) is 22.3 Å². The van der Waals surface area contributed by atoms with Gasteiger partial charge in [-0.2, -0.15) is 0 Å². The molecule has 2 heterocycles. The van der Waals surface area contributed by atoms with E-state index in [4.69, 9.17) is 8.83 Å². The maximum atomic E-state index is 6.39. The smallest absolute Gasteiger partial charge is 0.143 e. The lowest BCUT2D eigenvalue weighted by Crippen LogP contribution is -2.10. The summed E-state index contributed by atoms with van der Waals surface area (Å²) in [5.74, 6) is 0. The van der Waals surface area contributed by atoms with Crippen LogP contribution in [-0.4, -0.2) is 0 Å². The molecule has 0 unspecified atom stereocenters. The molecular formula is C53H37NO2. The Morgan fingerprint density at radius 3 is 1.86 bits per heavy atom. The summed E-state index contributed by atoms with van der Waals surface area (Å²) < 4.78 is 12.5. The van der Waals surface area contributed by atoms with Crippen LogP contribution >= 0.6 is 0 Å². The molecule has 10 rings (SSSR count). The first kappa shape index (κ1) is 33.2. The number of furan rings is 2. The van der Waals surface area contributed by atoms with Crippen LogP contribution < -0.4 is 4.90 Å². The number of fused-ring (bicyclic) bond motifs is 8. The van der Waals surface area contributed by atoms with E-state index < -0.39 is 0 Å². The van der Waals surface area contributed by atoms with Crippen LogP contribution in [0.25, 0.3) is 76.9 Å². The molecule has 0 atom stereocenters. The van der Waals surface area contributed by atoms with Gasteiger partial charge in [-0.1, -0.05) is 146 Å². The largest absolute Gasteiger partial charge is 0.456 e. The van der Waals surface area contributed by atoms with E-state index in [9.17, 15) is 0 Å². The van der Waals surface area contributed by atoms with E-state index in [0.29, 0.717) is 0 Å². The molecule has 8 aromatic carbocycles. The van der Waals surface area contributed by atoms with E-state index in [1.54, 1.807) is 6.08 Å². The minimum Gasteiger partial charge on any atom is -0.456 e. The molecule has 10 aromatic rings. The van der Waals surface area contributed by atoms with Gasteiger partial charge in [0.2, 0.25) is 0 Å². The lowest BCUT2D eigenvalue weighted by atomic mass is 9.98. The molecule has 0 saturated carbocycles. The number of para-hydroxylation sites is 3. The first-order valence-electron chi connectivity index (χ1n) is 19.0.